The summed E-state index contributed by atoms with van der Waals surface area (Å²) < 4.78 is 0. The number of aromatic nitrogens is 1. The third kappa shape index (κ3) is 2.39. The maximum Gasteiger partial charge on any atom is 0.252 e. The molecule has 1 aromatic rings. The number of hydrogen-bond acceptors (Lipinski definition) is 4. The van der Waals surface area contributed by atoms with Gasteiger partial charge in [0.15, 0.2) is 0 Å². The smallest absolute Gasteiger partial charge is 0.252 e. The van der Waals surface area contributed by atoms with E-state index in [1.54, 1.807) is 6.07 Å². The fraction of sp³-hybridized carbons (Fsp3) is 0.538. The third-order valence-electron chi connectivity index (χ3n) is 3.74. The Morgan fingerprint density at radius 2 is 2.28 bits per heavy atom. The molecule has 1 aromatic heterocycles. The number of carbonyl (C=O) groups excluding carboxylic acids is 1. The van der Waals surface area contributed by atoms with Crippen molar-refractivity contribution in [1.29, 1.82) is 0 Å². The Labute approximate surface area is 107 Å². The van der Waals surface area contributed by atoms with Crippen molar-refractivity contribution in [2.45, 2.75) is 39.2 Å². The Balaban J connectivity index is 2.26. The van der Waals surface area contributed by atoms with Gasteiger partial charge in [0, 0.05) is 6.04 Å². The van der Waals surface area contributed by atoms with Crippen molar-refractivity contribution < 1.29 is 4.79 Å². The first-order chi connectivity index (χ1) is 8.40. The van der Waals surface area contributed by atoms with Gasteiger partial charge in [0.25, 0.3) is 5.91 Å². The first kappa shape index (κ1) is 12.7. The van der Waals surface area contributed by atoms with Gasteiger partial charge in [-0.2, -0.15) is 0 Å². The SMILES string of the molecule is CC1(C)CCCC1Nc1ncc(N)cc1C(N)=O. The number of nitrogen functional groups attached to an aromatic ring is 1. The monoisotopic (exact) mass is 248 g/mol. The van der Waals surface area contributed by atoms with Gasteiger partial charge in [0.1, 0.15) is 5.82 Å². The molecule has 0 bridgehead atoms. The number of anilines is 2. The number of primary amides is 1. The van der Waals surface area contributed by atoms with Crippen molar-refractivity contribution >= 4 is 17.4 Å². The molecule has 98 valence electrons. The number of amides is 1. The van der Waals surface area contributed by atoms with Gasteiger partial charge >= 0.3 is 0 Å². The molecule has 0 saturated heterocycles. The summed E-state index contributed by atoms with van der Waals surface area (Å²) in [6.45, 7) is 4.44. The summed E-state index contributed by atoms with van der Waals surface area (Å²) in [7, 11) is 0. The van der Waals surface area contributed by atoms with Crippen molar-refractivity contribution in [2.24, 2.45) is 11.1 Å². The molecule has 0 spiro atoms. The summed E-state index contributed by atoms with van der Waals surface area (Å²) in [6.07, 6.45) is 4.98. The number of nitrogens with two attached hydrogens (primary N) is 2. The van der Waals surface area contributed by atoms with E-state index in [2.05, 4.69) is 24.1 Å². The molecule has 0 aromatic carbocycles. The van der Waals surface area contributed by atoms with Gasteiger partial charge in [-0.1, -0.05) is 20.3 Å². The largest absolute Gasteiger partial charge is 0.397 e. The molecule has 0 aliphatic heterocycles. The number of carbonyl (C=O) groups is 1. The summed E-state index contributed by atoms with van der Waals surface area (Å²) in [5.41, 5.74) is 12.0. The Morgan fingerprint density at radius 3 is 2.83 bits per heavy atom. The van der Waals surface area contributed by atoms with E-state index in [4.69, 9.17) is 11.5 Å². The highest BCUT2D eigenvalue weighted by Crippen LogP contribution is 2.39. The molecule has 0 radical (unpaired) electrons. The number of nitrogens with zero attached hydrogens (tertiary/aromatic N) is 1. The summed E-state index contributed by atoms with van der Waals surface area (Å²) in [5.74, 6) is 0.0322. The van der Waals surface area contributed by atoms with Crippen molar-refractivity contribution in [1.82, 2.24) is 4.98 Å². The zero-order chi connectivity index (χ0) is 13.3. The molecule has 1 aliphatic carbocycles. The number of pyridine rings is 1. The molecular formula is C13H20N4O. The van der Waals surface area contributed by atoms with E-state index in [-0.39, 0.29) is 5.41 Å². The lowest BCUT2D eigenvalue weighted by molar-refractivity contribution is 0.100. The Morgan fingerprint density at radius 1 is 1.56 bits per heavy atom. The predicted octanol–water partition coefficient (Wildman–Crippen LogP) is 1.75. The van der Waals surface area contributed by atoms with Gasteiger partial charge in [-0.25, -0.2) is 4.98 Å². The fourth-order valence-corrected chi connectivity index (χ4v) is 2.54. The molecule has 1 saturated carbocycles. The first-order valence-corrected chi connectivity index (χ1v) is 6.22. The molecule has 5 nitrogen and oxygen atoms in total. The quantitative estimate of drug-likeness (QED) is 0.759. The maximum absolute atomic E-state index is 11.4. The summed E-state index contributed by atoms with van der Waals surface area (Å²) in [5, 5.41) is 3.34. The standard InChI is InChI=1S/C13H20N4O/c1-13(2)5-3-4-10(13)17-12-9(11(15)18)6-8(14)7-16-12/h6-7,10H,3-5,14H2,1-2H3,(H2,15,18)(H,16,17). The van der Waals surface area contributed by atoms with E-state index in [0.717, 1.165) is 6.42 Å². The van der Waals surface area contributed by atoms with Crippen molar-refractivity contribution in [3.63, 3.8) is 0 Å². The summed E-state index contributed by atoms with van der Waals surface area (Å²) in [6, 6.07) is 1.88. The van der Waals surface area contributed by atoms with E-state index in [1.807, 2.05) is 0 Å². The number of nitrogens with one attached hydrogen (secondary N) is 1. The van der Waals surface area contributed by atoms with E-state index >= 15 is 0 Å². The van der Waals surface area contributed by atoms with Crippen LogP contribution in [0.4, 0.5) is 11.5 Å². The van der Waals surface area contributed by atoms with Crippen LogP contribution in [0.15, 0.2) is 12.3 Å². The maximum atomic E-state index is 11.4. The minimum Gasteiger partial charge on any atom is -0.397 e. The number of hydrogen-bond donors (Lipinski definition) is 3. The molecule has 1 unspecified atom stereocenters. The average molecular weight is 248 g/mol. The van der Waals surface area contributed by atoms with Crippen molar-refractivity contribution in [2.75, 3.05) is 11.1 Å². The van der Waals surface area contributed by atoms with E-state index in [9.17, 15) is 4.79 Å². The van der Waals surface area contributed by atoms with E-state index < -0.39 is 5.91 Å². The highest BCUT2D eigenvalue weighted by Gasteiger charge is 2.35. The predicted molar refractivity (Wildman–Crippen MR) is 72.2 cm³/mol. The van der Waals surface area contributed by atoms with Gasteiger partial charge in [-0.05, 0) is 24.3 Å². The molecule has 1 amide bonds. The zero-order valence-electron chi connectivity index (χ0n) is 10.9. The fourth-order valence-electron chi connectivity index (χ4n) is 2.54. The minimum absolute atomic E-state index is 0.206. The van der Waals surface area contributed by atoms with Crippen LogP contribution in [-0.2, 0) is 0 Å². The van der Waals surface area contributed by atoms with Crippen molar-refractivity contribution in [3.8, 4) is 0 Å². The van der Waals surface area contributed by atoms with E-state index in [1.165, 1.54) is 19.0 Å². The van der Waals surface area contributed by atoms with Gasteiger partial charge < -0.3 is 16.8 Å². The van der Waals surface area contributed by atoms with Gasteiger partial charge in [-0.3, -0.25) is 4.79 Å². The normalized spacial score (nSPS) is 21.8. The van der Waals surface area contributed by atoms with Crippen LogP contribution in [0.3, 0.4) is 0 Å². The van der Waals surface area contributed by atoms with Crippen LogP contribution < -0.4 is 16.8 Å². The van der Waals surface area contributed by atoms with Gasteiger partial charge in [0.2, 0.25) is 0 Å². The van der Waals surface area contributed by atoms with E-state index in [0.29, 0.717) is 23.1 Å². The van der Waals surface area contributed by atoms with Crippen LogP contribution in [-0.4, -0.2) is 16.9 Å². The van der Waals surface area contributed by atoms with Gasteiger partial charge in [0.05, 0.1) is 17.4 Å². The summed E-state index contributed by atoms with van der Waals surface area (Å²) in [4.78, 5) is 15.6. The topological polar surface area (TPSA) is 94.0 Å². The molecule has 5 heteroatoms. The van der Waals surface area contributed by atoms with Crippen LogP contribution in [0, 0.1) is 5.41 Å². The van der Waals surface area contributed by atoms with Crippen LogP contribution in [0.5, 0.6) is 0 Å². The summed E-state index contributed by atoms with van der Waals surface area (Å²) >= 11 is 0. The Kier molecular flexibility index (Phi) is 3.15. The third-order valence-corrected chi connectivity index (χ3v) is 3.74. The van der Waals surface area contributed by atoms with Crippen LogP contribution in [0.2, 0.25) is 0 Å². The molecule has 5 N–H and O–H groups in total. The molecule has 18 heavy (non-hydrogen) atoms. The highest BCUT2D eigenvalue weighted by molar-refractivity contribution is 5.98. The lowest BCUT2D eigenvalue weighted by Crippen LogP contribution is -2.32. The number of rotatable bonds is 3. The molecule has 1 heterocycles. The molecule has 2 rings (SSSR count). The van der Waals surface area contributed by atoms with Crippen LogP contribution in [0.25, 0.3) is 0 Å². The molecular weight excluding hydrogens is 228 g/mol. The second-order valence-electron chi connectivity index (χ2n) is 5.61. The first-order valence-electron chi connectivity index (χ1n) is 6.22. The lowest BCUT2D eigenvalue weighted by atomic mass is 9.87. The second-order valence-corrected chi connectivity index (χ2v) is 5.61. The van der Waals surface area contributed by atoms with Gasteiger partial charge in [-0.15, -0.1) is 0 Å². The molecule has 1 atom stereocenters. The second kappa shape index (κ2) is 4.48. The Hall–Kier alpha value is -1.78. The zero-order valence-corrected chi connectivity index (χ0v) is 10.9. The molecule has 1 fully saturated rings. The van der Waals surface area contributed by atoms with Crippen LogP contribution in [0.1, 0.15) is 43.5 Å². The van der Waals surface area contributed by atoms with Crippen LogP contribution >= 0.6 is 0 Å². The molecule has 1 aliphatic rings. The highest BCUT2D eigenvalue weighted by atomic mass is 16.1. The van der Waals surface area contributed by atoms with Crippen molar-refractivity contribution in [3.05, 3.63) is 17.8 Å². The Bertz CT molecular complexity index is 470. The lowest BCUT2D eigenvalue weighted by Gasteiger charge is -2.28. The minimum atomic E-state index is -0.506. The average Bonchev–Trinajstić information content (AvgIpc) is 2.60.